The normalized spacial score (nSPS) is 17.8. The van der Waals surface area contributed by atoms with Crippen LogP contribution >= 0.6 is 0 Å². The molecule has 7 aromatic carbocycles. The van der Waals surface area contributed by atoms with Gasteiger partial charge in [0.1, 0.15) is 11.5 Å². The first-order chi connectivity index (χ1) is 26.7. The summed E-state index contributed by atoms with van der Waals surface area (Å²) in [6.45, 7) is 0.770. The minimum absolute atomic E-state index is 0.202. The Kier molecular flexibility index (Phi) is 6.10. The van der Waals surface area contributed by atoms with E-state index in [2.05, 4.69) is 187 Å². The lowest BCUT2D eigenvalue weighted by molar-refractivity contribution is 0.447. The first-order valence-electron chi connectivity index (χ1n) is 18.8. The molecule has 12 rings (SSSR count). The molecule has 3 aliphatic heterocycles. The van der Waals surface area contributed by atoms with Crippen LogP contribution in [0.2, 0.25) is 0 Å². The van der Waals surface area contributed by atoms with Gasteiger partial charge in [0.2, 0.25) is 0 Å². The van der Waals surface area contributed by atoms with E-state index >= 15 is 0 Å². The first-order valence-corrected chi connectivity index (χ1v) is 18.8. The highest BCUT2D eigenvalue weighted by molar-refractivity contribution is 6.01. The Morgan fingerprint density at radius 2 is 1.26 bits per heavy atom. The predicted octanol–water partition coefficient (Wildman–Crippen LogP) is 11.8. The summed E-state index contributed by atoms with van der Waals surface area (Å²) in [5.74, 6) is 1.86. The third-order valence-electron chi connectivity index (χ3n) is 12.2. The molecule has 3 heterocycles. The van der Waals surface area contributed by atoms with Crippen LogP contribution in [0.3, 0.4) is 0 Å². The molecule has 2 aliphatic carbocycles. The number of anilines is 1. The number of ether oxygens (including phenoxy) is 1. The zero-order chi connectivity index (χ0) is 35.4. The van der Waals surface area contributed by atoms with Crippen LogP contribution in [0, 0.1) is 0 Å². The van der Waals surface area contributed by atoms with Crippen molar-refractivity contribution in [1.82, 2.24) is 5.32 Å². The highest BCUT2D eigenvalue weighted by Gasteiger charge is 2.52. The summed E-state index contributed by atoms with van der Waals surface area (Å²) in [6, 6.07) is 49.6. The third kappa shape index (κ3) is 4.07. The lowest BCUT2D eigenvalue weighted by Gasteiger charge is -2.40. The SMILES string of the molecule is C1=CC2=CC(c3ccc4c(c3)C3(c5cc(C6=Cc7ccccc7NC6)ccc5-4)c4ccc5ccccc5c4Oc4c3ccc3ccccc43)=CNC2C=C1. The van der Waals surface area contributed by atoms with E-state index in [1.54, 1.807) is 0 Å². The summed E-state index contributed by atoms with van der Waals surface area (Å²) in [5, 5.41) is 11.9. The second-order valence-electron chi connectivity index (χ2n) is 14.9. The molecule has 0 bridgehead atoms. The molecular formula is C51H34N2O. The summed E-state index contributed by atoms with van der Waals surface area (Å²) in [7, 11) is 0. The van der Waals surface area contributed by atoms with Crippen LogP contribution in [-0.4, -0.2) is 12.6 Å². The standard InChI is InChI=1S/C51H34N2O/c1-5-13-39-31(9-1)19-23-43-49(39)54-50-40-14-6-2-10-32(40)20-24-44(50)51(43)45-27-33(37-25-35-11-3-7-15-47(35)52-29-37)17-21-41(45)42-22-18-34(28-46(42)51)38-26-36-12-4-8-16-48(36)53-30-38/h1-29,47,52-53H,30H2. The van der Waals surface area contributed by atoms with Crippen LogP contribution in [0.25, 0.3) is 49.9 Å². The van der Waals surface area contributed by atoms with E-state index < -0.39 is 5.41 Å². The van der Waals surface area contributed by atoms with Crippen molar-refractivity contribution in [3.8, 4) is 22.6 Å². The number of hydrogen-bond acceptors (Lipinski definition) is 3. The molecule has 0 saturated heterocycles. The molecule has 7 aromatic rings. The molecule has 54 heavy (non-hydrogen) atoms. The average Bonchev–Trinajstić information content (AvgIpc) is 3.52. The van der Waals surface area contributed by atoms with Crippen LogP contribution in [-0.2, 0) is 5.41 Å². The Morgan fingerprint density at radius 1 is 0.593 bits per heavy atom. The molecule has 3 nitrogen and oxygen atoms in total. The molecule has 1 spiro atoms. The number of fused-ring (bicyclic) bond motifs is 15. The van der Waals surface area contributed by atoms with Crippen molar-refractivity contribution in [3.05, 3.63) is 215 Å². The van der Waals surface area contributed by atoms with E-state index in [1.807, 2.05) is 0 Å². The van der Waals surface area contributed by atoms with Gasteiger partial charge in [0.05, 0.1) is 11.5 Å². The van der Waals surface area contributed by atoms with Gasteiger partial charge in [-0.15, -0.1) is 0 Å². The van der Waals surface area contributed by atoms with E-state index in [-0.39, 0.29) is 6.04 Å². The number of hydrogen-bond donors (Lipinski definition) is 2. The van der Waals surface area contributed by atoms with E-state index in [4.69, 9.17) is 4.74 Å². The number of rotatable bonds is 2. The Hall–Kier alpha value is -6.84. The van der Waals surface area contributed by atoms with Crippen molar-refractivity contribution in [2.75, 3.05) is 11.9 Å². The number of dihydropyridines is 1. The maximum atomic E-state index is 7.25. The second-order valence-corrected chi connectivity index (χ2v) is 14.9. The van der Waals surface area contributed by atoms with Gasteiger partial charge in [-0.2, -0.15) is 0 Å². The van der Waals surface area contributed by atoms with Crippen LogP contribution in [0.4, 0.5) is 5.69 Å². The summed E-state index contributed by atoms with van der Waals surface area (Å²) in [4.78, 5) is 0. The van der Waals surface area contributed by atoms with Gasteiger partial charge in [-0.25, -0.2) is 0 Å². The number of allylic oxidation sites excluding steroid dienone is 4. The van der Waals surface area contributed by atoms with Crippen LogP contribution in [0.5, 0.6) is 11.5 Å². The largest absolute Gasteiger partial charge is 0.455 e. The minimum Gasteiger partial charge on any atom is -0.455 e. The highest BCUT2D eigenvalue weighted by Crippen LogP contribution is 2.64. The zero-order valence-electron chi connectivity index (χ0n) is 29.4. The van der Waals surface area contributed by atoms with Crippen molar-refractivity contribution in [2.24, 2.45) is 0 Å². The van der Waals surface area contributed by atoms with Gasteiger partial charge in [-0.1, -0.05) is 140 Å². The lowest BCUT2D eigenvalue weighted by Crippen LogP contribution is -2.32. The Morgan fingerprint density at radius 3 is 2.02 bits per heavy atom. The molecule has 0 fully saturated rings. The monoisotopic (exact) mass is 690 g/mol. The molecule has 0 radical (unpaired) electrons. The number of nitrogens with one attached hydrogen (secondary N) is 2. The van der Waals surface area contributed by atoms with E-state index in [9.17, 15) is 0 Å². The van der Waals surface area contributed by atoms with Gasteiger partial charge in [0.15, 0.2) is 0 Å². The maximum Gasteiger partial charge on any atom is 0.140 e. The molecule has 1 unspecified atom stereocenters. The fourth-order valence-corrected chi connectivity index (χ4v) is 9.64. The summed E-state index contributed by atoms with van der Waals surface area (Å²) in [5.41, 5.74) is 15.4. The molecule has 0 amide bonds. The second kappa shape index (κ2) is 11.1. The number of benzene rings is 7. The molecule has 1 atom stereocenters. The molecule has 0 aromatic heterocycles. The molecule has 2 N–H and O–H groups in total. The van der Waals surface area contributed by atoms with Crippen LogP contribution in [0.15, 0.2) is 176 Å². The van der Waals surface area contributed by atoms with Gasteiger partial charge in [0, 0.05) is 40.3 Å². The minimum atomic E-state index is -0.639. The van der Waals surface area contributed by atoms with E-state index in [1.165, 1.54) is 83.3 Å². The van der Waals surface area contributed by atoms with Gasteiger partial charge in [-0.05, 0) is 96.8 Å². The molecule has 5 aliphatic rings. The zero-order valence-corrected chi connectivity index (χ0v) is 29.4. The maximum absolute atomic E-state index is 7.25. The van der Waals surface area contributed by atoms with Gasteiger partial charge < -0.3 is 15.4 Å². The number of para-hydroxylation sites is 1. The Bertz CT molecular complexity index is 2870. The van der Waals surface area contributed by atoms with Crippen molar-refractivity contribution in [3.63, 3.8) is 0 Å². The summed E-state index contributed by atoms with van der Waals surface area (Å²) < 4.78 is 7.25. The predicted molar refractivity (Wildman–Crippen MR) is 223 cm³/mol. The van der Waals surface area contributed by atoms with Gasteiger partial charge >= 0.3 is 0 Å². The fourth-order valence-electron chi connectivity index (χ4n) is 9.64. The smallest absolute Gasteiger partial charge is 0.140 e. The topological polar surface area (TPSA) is 33.3 Å². The third-order valence-corrected chi connectivity index (χ3v) is 12.2. The molecule has 0 saturated carbocycles. The van der Waals surface area contributed by atoms with Gasteiger partial charge in [-0.3, -0.25) is 0 Å². The van der Waals surface area contributed by atoms with Crippen molar-refractivity contribution >= 4 is 44.5 Å². The molecular weight excluding hydrogens is 657 g/mol. The fraction of sp³-hybridized carbons (Fsp3) is 0.0588. The Balaban J connectivity index is 1.18. The van der Waals surface area contributed by atoms with E-state index in [0.29, 0.717) is 0 Å². The van der Waals surface area contributed by atoms with Crippen molar-refractivity contribution in [1.29, 1.82) is 0 Å². The van der Waals surface area contributed by atoms with Gasteiger partial charge in [0.25, 0.3) is 0 Å². The average molecular weight is 691 g/mol. The van der Waals surface area contributed by atoms with Crippen molar-refractivity contribution < 1.29 is 4.74 Å². The Labute approximate surface area is 314 Å². The highest BCUT2D eigenvalue weighted by atomic mass is 16.5. The van der Waals surface area contributed by atoms with Crippen molar-refractivity contribution in [2.45, 2.75) is 11.5 Å². The van der Waals surface area contributed by atoms with Crippen LogP contribution < -0.4 is 15.4 Å². The van der Waals surface area contributed by atoms with E-state index in [0.717, 1.165) is 28.8 Å². The molecule has 3 heteroatoms. The van der Waals surface area contributed by atoms with Crippen LogP contribution in [0.1, 0.15) is 38.9 Å². The summed E-state index contributed by atoms with van der Waals surface area (Å²) >= 11 is 0. The summed E-state index contributed by atoms with van der Waals surface area (Å²) in [6.07, 6.45) is 15.5. The first kappa shape index (κ1) is 29.7. The quantitative estimate of drug-likeness (QED) is 0.189. The molecule has 254 valence electrons. The lowest BCUT2D eigenvalue weighted by atomic mass is 9.65.